The first-order valence-corrected chi connectivity index (χ1v) is 23.0. The number of ketones is 2. The van der Waals surface area contributed by atoms with Gasteiger partial charge in [-0.3, -0.25) is 29.8 Å². The van der Waals surface area contributed by atoms with E-state index in [1.54, 1.807) is 108 Å². The number of hydrogen-bond acceptors (Lipinski definition) is 8. The molecule has 6 aromatic rings. The van der Waals surface area contributed by atoms with Crippen LogP contribution in [0, 0.1) is 0 Å². The van der Waals surface area contributed by atoms with Gasteiger partial charge in [0.1, 0.15) is 22.8 Å². The Kier molecular flexibility index (Phi) is 18.7. The average molecular weight is 943 g/mol. The quantitative estimate of drug-likeness (QED) is 0.0738. The minimum atomic E-state index is -0.659. The third-order valence-electron chi connectivity index (χ3n) is 10.0. The number of anilines is 4. The molecule has 0 atom stereocenters. The van der Waals surface area contributed by atoms with Crippen LogP contribution in [-0.2, 0) is 44.7 Å². The van der Waals surface area contributed by atoms with E-state index < -0.39 is 23.4 Å². The Balaban J connectivity index is 0.000000261. The Hall–Kier alpha value is -8.12. The number of nitrogens with one attached hydrogen (secondary N) is 4. The molecule has 0 unspecified atom stereocenters. The van der Waals surface area contributed by atoms with Crippen LogP contribution < -0.4 is 21.3 Å². The first-order valence-electron chi connectivity index (χ1n) is 23.0. The zero-order chi connectivity index (χ0) is 50.8. The van der Waals surface area contributed by atoms with Crippen LogP contribution in [0.15, 0.2) is 146 Å². The number of hydrogen-bond donors (Lipinski definition) is 4. The smallest absolute Gasteiger partial charge is 0.412 e. The van der Waals surface area contributed by atoms with E-state index in [1.165, 1.54) is 19.4 Å². The van der Waals surface area contributed by atoms with Crippen molar-refractivity contribution in [3.63, 3.8) is 0 Å². The van der Waals surface area contributed by atoms with Gasteiger partial charge in [-0.2, -0.15) is 0 Å². The monoisotopic (exact) mass is 942 g/mol. The van der Waals surface area contributed by atoms with Crippen molar-refractivity contribution in [1.29, 1.82) is 0 Å². The molecule has 362 valence electrons. The third kappa shape index (κ3) is 18.5. The molecule has 0 aliphatic rings. The maximum atomic E-state index is 13.0. The van der Waals surface area contributed by atoms with Gasteiger partial charge in [0.25, 0.3) is 11.8 Å². The second-order valence-corrected chi connectivity index (χ2v) is 18.7. The van der Waals surface area contributed by atoms with Crippen molar-refractivity contribution in [2.24, 2.45) is 0 Å². The summed E-state index contributed by atoms with van der Waals surface area (Å²) in [6, 6.07) is 44.7. The summed E-state index contributed by atoms with van der Waals surface area (Å²) >= 11 is 0. The number of carbonyl (C=O) groups excluding carboxylic acids is 6. The molecule has 0 spiro atoms. The summed E-state index contributed by atoms with van der Waals surface area (Å²) in [7, 11) is 0. The molecule has 0 saturated heterocycles. The lowest BCUT2D eigenvalue weighted by Crippen LogP contribution is -2.27. The maximum absolute atomic E-state index is 13.0. The molecule has 0 aliphatic carbocycles. The normalized spacial score (nSPS) is 11.1. The molecule has 6 rings (SSSR count). The number of aryl methyl sites for hydroxylation is 2. The van der Waals surface area contributed by atoms with Crippen LogP contribution in [0.3, 0.4) is 0 Å². The second-order valence-electron chi connectivity index (χ2n) is 18.7. The molecule has 12 nitrogen and oxygen atoms in total. The fourth-order valence-electron chi connectivity index (χ4n) is 6.87. The SMILES string of the molecule is CC(=O)Cc1ccc(C(=O)Nc2cc(/C=C/c3ccccc3)ccc2NC(=O)OC(C)(C)C)cc1.CC(=O)Cc1ccc(C(=O)Nc2cc(CCc3ccccc3)ccc2NC(=O)OC(C)(C)C)cc1. The summed E-state index contributed by atoms with van der Waals surface area (Å²) in [6.07, 6.45) is 4.96. The molecule has 70 heavy (non-hydrogen) atoms. The van der Waals surface area contributed by atoms with Gasteiger partial charge in [0.05, 0.1) is 22.7 Å². The number of carbonyl (C=O) groups is 6. The minimum absolute atomic E-state index is 0.0560. The van der Waals surface area contributed by atoms with Gasteiger partial charge < -0.3 is 20.1 Å². The van der Waals surface area contributed by atoms with E-state index >= 15 is 0 Å². The first-order chi connectivity index (χ1) is 33.2. The lowest BCUT2D eigenvalue weighted by molar-refractivity contribution is -0.117. The molecule has 0 radical (unpaired) electrons. The summed E-state index contributed by atoms with van der Waals surface area (Å²) in [5.41, 5.74) is 7.19. The summed E-state index contributed by atoms with van der Waals surface area (Å²) in [4.78, 5) is 73.4. The average Bonchev–Trinajstić information content (AvgIpc) is 3.29. The van der Waals surface area contributed by atoms with Gasteiger partial charge in [-0.25, -0.2) is 9.59 Å². The molecular formula is C58H62N4O8. The number of rotatable bonds is 15. The van der Waals surface area contributed by atoms with E-state index in [1.807, 2.05) is 78.9 Å². The van der Waals surface area contributed by atoms with E-state index in [4.69, 9.17) is 9.47 Å². The minimum Gasteiger partial charge on any atom is -0.444 e. The molecule has 0 bridgehead atoms. The van der Waals surface area contributed by atoms with Crippen molar-refractivity contribution >= 4 is 70.5 Å². The summed E-state index contributed by atoms with van der Waals surface area (Å²) in [6.45, 7) is 13.8. The molecule has 6 aromatic carbocycles. The molecule has 0 fully saturated rings. The van der Waals surface area contributed by atoms with Gasteiger partial charge in [-0.1, -0.05) is 109 Å². The van der Waals surface area contributed by atoms with E-state index in [2.05, 4.69) is 33.4 Å². The number of amides is 4. The van der Waals surface area contributed by atoms with Gasteiger partial charge in [0.2, 0.25) is 0 Å². The molecule has 4 amide bonds. The van der Waals surface area contributed by atoms with Crippen LogP contribution in [0.1, 0.15) is 109 Å². The Morgan fingerprint density at radius 2 is 0.814 bits per heavy atom. The van der Waals surface area contributed by atoms with Crippen molar-refractivity contribution < 1.29 is 38.2 Å². The first kappa shape index (κ1) is 52.8. The van der Waals surface area contributed by atoms with Crippen LogP contribution in [0.2, 0.25) is 0 Å². The van der Waals surface area contributed by atoms with E-state index in [0.717, 1.165) is 40.7 Å². The van der Waals surface area contributed by atoms with Crippen molar-refractivity contribution in [3.05, 3.63) is 190 Å². The lowest BCUT2D eigenvalue weighted by Gasteiger charge is -2.21. The predicted octanol–water partition coefficient (Wildman–Crippen LogP) is 12.8. The topological polar surface area (TPSA) is 169 Å². The van der Waals surface area contributed by atoms with Crippen molar-refractivity contribution in [1.82, 2.24) is 0 Å². The molecule has 0 aliphatic heterocycles. The molecule has 12 heteroatoms. The predicted molar refractivity (Wildman–Crippen MR) is 279 cm³/mol. The van der Waals surface area contributed by atoms with Crippen LogP contribution in [0.25, 0.3) is 12.2 Å². The van der Waals surface area contributed by atoms with Crippen LogP contribution in [0.4, 0.5) is 32.3 Å². The van der Waals surface area contributed by atoms with E-state index in [9.17, 15) is 28.8 Å². The lowest BCUT2D eigenvalue weighted by atomic mass is 10.0. The zero-order valence-corrected chi connectivity index (χ0v) is 41.1. The highest BCUT2D eigenvalue weighted by Crippen LogP contribution is 2.28. The number of ether oxygens (including phenoxy) is 2. The highest BCUT2D eigenvalue weighted by atomic mass is 16.6. The van der Waals surface area contributed by atoms with E-state index in [-0.39, 0.29) is 23.4 Å². The molecule has 0 heterocycles. The molecule has 0 saturated carbocycles. The highest BCUT2D eigenvalue weighted by Gasteiger charge is 2.20. The molecule has 0 aromatic heterocycles. The Morgan fingerprint density at radius 1 is 0.414 bits per heavy atom. The van der Waals surface area contributed by atoms with Gasteiger partial charge in [0.15, 0.2) is 0 Å². The molecular weight excluding hydrogens is 881 g/mol. The van der Waals surface area contributed by atoms with Gasteiger partial charge in [-0.05, 0) is 150 Å². The Labute approximate surface area is 410 Å². The van der Waals surface area contributed by atoms with Crippen LogP contribution >= 0.6 is 0 Å². The Bertz CT molecular complexity index is 2790. The van der Waals surface area contributed by atoms with Crippen LogP contribution in [-0.4, -0.2) is 46.8 Å². The van der Waals surface area contributed by atoms with Gasteiger partial charge in [0, 0.05) is 24.0 Å². The largest absolute Gasteiger partial charge is 0.444 e. The van der Waals surface area contributed by atoms with Crippen molar-refractivity contribution in [2.45, 2.75) is 92.3 Å². The highest BCUT2D eigenvalue weighted by molar-refractivity contribution is 6.08. The van der Waals surface area contributed by atoms with Gasteiger partial charge >= 0.3 is 12.2 Å². The van der Waals surface area contributed by atoms with Crippen molar-refractivity contribution in [3.8, 4) is 0 Å². The number of benzene rings is 6. The van der Waals surface area contributed by atoms with E-state index in [0.29, 0.717) is 46.7 Å². The summed E-state index contributed by atoms with van der Waals surface area (Å²) in [5, 5.41) is 11.3. The Morgan fingerprint density at radius 3 is 1.27 bits per heavy atom. The third-order valence-corrected chi connectivity index (χ3v) is 10.0. The van der Waals surface area contributed by atoms with Crippen molar-refractivity contribution in [2.75, 3.05) is 21.3 Å². The number of Topliss-reactive ketones (excluding diaryl/α,β-unsaturated/α-hetero) is 2. The second kappa shape index (κ2) is 24.8. The fourth-order valence-corrected chi connectivity index (χ4v) is 6.87. The maximum Gasteiger partial charge on any atom is 0.412 e. The summed E-state index contributed by atoms with van der Waals surface area (Å²) < 4.78 is 10.7. The van der Waals surface area contributed by atoms with Crippen LogP contribution in [0.5, 0.6) is 0 Å². The van der Waals surface area contributed by atoms with Gasteiger partial charge in [-0.15, -0.1) is 0 Å². The fraction of sp³-hybridized carbons (Fsp3) is 0.241. The zero-order valence-electron chi connectivity index (χ0n) is 41.1. The standard InChI is InChI=1S/C29H32N2O4.C29H30N2O4/c2*1-20(32)18-22-12-15-24(16-13-22)27(33)30-26-19-23(11-10-21-8-6-5-7-9-21)14-17-25(26)31-28(34)35-29(2,3)4/h5-9,12-17,19H,10-11,18H2,1-4H3,(H,30,33)(H,31,34);5-17,19H,18H2,1-4H3,(H,30,33)(H,31,34)/b;11-10+. The molecule has 4 N–H and O–H groups in total. The summed E-state index contributed by atoms with van der Waals surface area (Å²) in [5.74, 6) is -0.532.